The van der Waals surface area contributed by atoms with E-state index in [2.05, 4.69) is 22.3 Å². The first kappa shape index (κ1) is 17.0. The van der Waals surface area contributed by atoms with Crippen molar-refractivity contribution in [3.63, 3.8) is 0 Å². The third-order valence-electron chi connectivity index (χ3n) is 4.44. The molecule has 1 fully saturated rings. The summed E-state index contributed by atoms with van der Waals surface area (Å²) in [5, 5.41) is 7.47. The number of piperidine rings is 1. The van der Waals surface area contributed by atoms with E-state index < -0.39 is 0 Å². The number of aromatic nitrogens is 1. The largest absolute Gasteiger partial charge is 0.355 e. The Kier molecular flexibility index (Phi) is 5.53. The fourth-order valence-electron chi connectivity index (χ4n) is 2.95. The standard InChI is InChI=1S/C18H22ClN3O2/c1-13(22-9-3-2-4-10-22)12-20-18(23)16-11-17(24-21-16)14-5-7-15(19)8-6-14/h5-8,11,13H,2-4,9-10,12H2,1H3,(H,20,23). The second-order valence-corrected chi connectivity index (χ2v) is 6.68. The third kappa shape index (κ3) is 4.16. The number of hydrogen-bond donors (Lipinski definition) is 1. The van der Waals surface area contributed by atoms with Gasteiger partial charge in [0, 0.05) is 29.2 Å². The highest BCUT2D eigenvalue weighted by atomic mass is 35.5. The number of nitrogens with zero attached hydrogens (tertiary/aromatic N) is 2. The smallest absolute Gasteiger partial charge is 0.273 e. The summed E-state index contributed by atoms with van der Waals surface area (Å²) in [6.07, 6.45) is 3.79. The molecule has 1 aromatic heterocycles. The molecule has 1 aromatic carbocycles. The Balaban J connectivity index is 1.56. The molecular formula is C18H22ClN3O2. The molecule has 1 aliphatic rings. The van der Waals surface area contributed by atoms with Crippen LogP contribution in [-0.2, 0) is 0 Å². The molecule has 0 spiro atoms. The van der Waals surface area contributed by atoms with Crippen LogP contribution in [0, 0.1) is 0 Å². The van der Waals surface area contributed by atoms with E-state index in [-0.39, 0.29) is 5.91 Å². The molecule has 1 atom stereocenters. The second-order valence-electron chi connectivity index (χ2n) is 6.24. The van der Waals surface area contributed by atoms with Gasteiger partial charge in [-0.1, -0.05) is 23.2 Å². The molecule has 1 aliphatic heterocycles. The Morgan fingerprint density at radius 1 is 1.29 bits per heavy atom. The monoisotopic (exact) mass is 347 g/mol. The van der Waals surface area contributed by atoms with Gasteiger partial charge in [0.15, 0.2) is 11.5 Å². The lowest BCUT2D eigenvalue weighted by Crippen LogP contribution is -2.44. The minimum atomic E-state index is -0.206. The normalized spacial score (nSPS) is 16.8. The highest BCUT2D eigenvalue weighted by molar-refractivity contribution is 6.30. The summed E-state index contributed by atoms with van der Waals surface area (Å²) in [6, 6.07) is 9.21. The molecule has 0 aliphatic carbocycles. The van der Waals surface area contributed by atoms with Crippen molar-refractivity contribution >= 4 is 17.5 Å². The molecule has 0 radical (unpaired) electrons. The van der Waals surface area contributed by atoms with Crippen molar-refractivity contribution in [3.05, 3.63) is 41.0 Å². The van der Waals surface area contributed by atoms with Crippen molar-refractivity contribution in [2.24, 2.45) is 0 Å². The summed E-state index contributed by atoms with van der Waals surface area (Å²) in [5.74, 6) is 0.351. The van der Waals surface area contributed by atoms with Gasteiger partial charge in [-0.15, -0.1) is 0 Å². The zero-order chi connectivity index (χ0) is 16.9. The highest BCUT2D eigenvalue weighted by Crippen LogP contribution is 2.22. The molecule has 3 rings (SSSR count). The number of nitrogens with one attached hydrogen (secondary N) is 1. The summed E-state index contributed by atoms with van der Waals surface area (Å²) < 4.78 is 5.27. The van der Waals surface area contributed by atoms with Crippen LogP contribution in [0.4, 0.5) is 0 Å². The average molecular weight is 348 g/mol. The summed E-state index contributed by atoms with van der Waals surface area (Å²) in [7, 11) is 0. The van der Waals surface area contributed by atoms with Crippen LogP contribution in [0.1, 0.15) is 36.7 Å². The lowest BCUT2D eigenvalue weighted by atomic mass is 10.1. The van der Waals surface area contributed by atoms with Crippen LogP contribution < -0.4 is 5.32 Å². The van der Waals surface area contributed by atoms with Gasteiger partial charge in [-0.05, 0) is 57.1 Å². The van der Waals surface area contributed by atoms with E-state index >= 15 is 0 Å². The van der Waals surface area contributed by atoms with Crippen LogP contribution in [0.2, 0.25) is 5.02 Å². The molecule has 1 unspecified atom stereocenters. The third-order valence-corrected chi connectivity index (χ3v) is 4.70. The van der Waals surface area contributed by atoms with Gasteiger partial charge in [-0.25, -0.2) is 0 Å². The van der Waals surface area contributed by atoms with E-state index in [1.807, 2.05) is 12.1 Å². The number of carbonyl (C=O) groups is 1. The Hall–Kier alpha value is -1.85. The fraction of sp³-hybridized carbons (Fsp3) is 0.444. The van der Waals surface area contributed by atoms with Gasteiger partial charge in [0.1, 0.15) is 0 Å². The SMILES string of the molecule is CC(CNC(=O)c1cc(-c2ccc(Cl)cc2)on1)N1CCCCC1. The molecule has 1 saturated heterocycles. The van der Waals surface area contributed by atoms with Gasteiger partial charge >= 0.3 is 0 Å². The Morgan fingerprint density at radius 2 is 2.00 bits per heavy atom. The summed E-state index contributed by atoms with van der Waals surface area (Å²) in [6.45, 7) is 4.99. The maximum absolute atomic E-state index is 12.3. The number of likely N-dealkylation sites (tertiary alicyclic amines) is 1. The molecule has 2 heterocycles. The van der Waals surface area contributed by atoms with Crippen LogP contribution in [0.15, 0.2) is 34.9 Å². The topological polar surface area (TPSA) is 58.4 Å². The van der Waals surface area contributed by atoms with Crippen molar-refractivity contribution in [1.29, 1.82) is 0 Å². The van der Waals surface area contributed by atoms with Gasteiger partial charge in [0.05, 0.1) is 0 Å². The zero-order valence-corrected chi connectivity index (χ0v) is 14.6. The number of rotatable bonds is 5. The van der Waals surface area contributed by atoms with Gasteiger partial charge in [0.25, 0.3) is 5.91 Å². The van der Waals surface area contributed by atoms with Gasteiger partial charge in [0.2, 0.25) is 0 Å². The predicted octanol–water partition coefficient (Wildman–Crippen LogP) is 3.60. The van der Waals surface area contributed by atoms with E-state index in [9.17, 15) is 4.79 Å². The molecule has 128 valence electrons. The predicted molar refractivity (Wildman–Crippen MR) is 94.2 cm³/mol. The number of benzene rings is 1. The van der Waals surface area contributed by atoms with Crippen molar-refractivity contribution in [2.45, 2.75) is 32.2 Å². The van der Waals surface area contributed by atoms with E-state index in [1.54, 1.807) is 18.2 Å². The van der Waals surface area contributed by atoms with Gasteiger partial charge in [-0.2, -0.15) is 0 Å². The van der Waals surface area contributed by atoms with Crippen LogP contribution in [-0.4, -0.2) is 41.6 Å². The molecule has 0 saturated carbocycles. The summed E-state index contributed by atoms with van der Waals surface area (Å²) >= 11 is 5.88. The number of halogens is 1. The van der Waals surface area contributed by atoms with Crippen LogP contribution in [0.3, 0.4) is 0 Å². The van der Waals surface area contributed by atoms with E-state index in [0.29, 0.717) is 29.1 Å². The number of hydrogen-bond acceptors (Lipinski definition) is 4. The molecule has 5 nitrogen and oxygen atoms in total. The molecule has 24 heavy (non-hydrogen) atoms. The van der Waals surface area contributed by atoms with Crippen molar-refractivity contribution in [2.75, 3.05) is 19.6 Å². The van der Waals surface area contributed by atoms with E-state index in [0.717, 1.165) is 18.7 Å². The first-order chi connectivity index (χ1) is 11.6. The van der Waals surface area contributed by atoms with Crippen molar-refractivity contribution < 1.29 is 9.32 Å². The second kappa shape index (κ2) is 7.81. The Morgan fingerprint density at radius 3 is 2.71 bits per heavy atom. The Labute approximate surface area is 147 Å². The summed E-state index contributed by atoms with van der Waals surface area (Å²) in [4.78, 5) is 14.7. The molecule has 0 bridgehead atoms. The number of carbonyl (C=O) groups excluding carboxylic acids is 1. The Bertz CT molecular complexity index is 678. The van der Waals surface area contributed by atoms with E-state index in [4.69, 9.17) is 16.1 Å². The number of amides is 1. The molecule has 2 aromatic rings. The maximum Gasteiger partial charge on any atom is 0.273 e. The fourth-order valence-corrected chi connectivity index (χ4v) is 3.08. The zero-order valence-electron chi connectivity index (χ0n) is 13.8. The van der Waals surface area contributed by atoms with Crippen LogP contribution >= 0.6 is 11.6 Å². The highest BCUT2D eigenvalue weighted by Gasteiger charge is 2.19. The van der Waals surface area contributed by atoms with Crippen molar-refractivity contribution in [3.8, 4) is 11.3 Å². The van der Waals surface area contributed by atoms with E-state index in [1.165, 1.54) is 19.3 Å². The van der Waals surface area contributed by atoms with Gasteiger partial charge in [-0.3, -0.25) is 9.69 Å². The first-order valence-electron chi connectivity index (χ1n) is 8.38. The lowest BCUT2D eigenvalue weighted by molar-refractivity contribution is 0.0921. The molecular weight excluding hydrogens is 326 g/mol. The van der Waals surface area contributed by atoms with Crippen molar-refractivity contribution in [1.82, 2.24) is 15.4 Å². The minimum absolute atomic E-state index is 0.206. The summed E-state index contributed by atoms with van der Waals surface area (Å²) in [5.41, 5.74) is 1.14. The van der Waals surface area contributed by atoms with Crippen LogP contribution in [0.25, 0.3) is 11.3 Å². The molecule has 1 amide bonds. The molecule has 6 heteroatoms. The minimum Gasteiger partial charge on any atom is -0.355 e. The maximum atomic E-state index is 12.3. The molecule has 1 N–H and O–H groups in total. The van der Waals surface area contributed by atoms with Crippen LogP contribution in [0.5, 0.6) is 0 Å². The first-order valence-corrected chi connectivity index (χ1v) is 8.76. The van der Waals surface area contributed by atoms with Gasteiger partial charge < -0.3 is 9.84 Å². The average Bonchev–Trinajstić information content (AvgIpc) is 3.11. The lowest BCUT2D eigenvalue weighted by Gasteiger charge is -2.32. The quantitative estimate of drug-likeness (QED) is 0.897.